The van der Waals surface area contributed by atoms with E-state index in [4.69, 9.17) is 4.74 Å². The van der Waals surface area contributed by atoms with E-state index >= 15 is 0 Å². The smallest absolute Gasteiger partial charge is 0.407 e. The highest BCUT2D eigenvalue weighted by molar-refractivity contribution is 7.09. The molecule has 53 heavy (non-hydrogen) atoms. The molecule has 1 fully saturated rings. The van der Waals surface area contributed by atoms with Gasteiger partial charge >= 0.3 is 12.1 Å². The second-order valence-electron chi connectivity index (χ2n) is 13.5. The predicted octanol–water partition coefficient (Wildman–Crippen LogP) is 6.62. The van der Waals surface area contributed by atoms with Crippen LogP contribution in [0.5, 0.6) is 0 Å². The predicted molar refractivity (Wildman–Crippen MR) is 205 cm³/mol. The van der Waals surface area contributed by atoms with Crippen LogP contribution in [0.3, 0.4) is 0 Å². The van der Waals surface area contributed by atoms with E-state index in [-0.39, 0.29) is 25.0 Å². The van der Waals surface area contributed by atoms with Gasteiger partial charge in [-0.05, 0) is 30.0 Å². The molecule has 6 rings (SSSR count). The first-order valence-corrected chi connectivity index (χ1v) is 19.3. The van der Waals surface area contributed by atoms with Crippen LogP contribution >= 0.6 is 22.7 Å². The third-order valence-electron chi connectivity index (χ3n) is 9.04. The number of nitrogens with zero attached hydrogens (tertiary/aromatic N) is 5. The third-order valence-corrected chi connectivity index (χ3v) is 11.0. The number of ether oxygens (including phenoxy) is 1. The lowest BCUT2D eigenvalue weighted by Gasteiger charge is -2.24. The maximum atomic E-state index is 14.1. The summed E-state index contributed by atoms with van der Waals surface area (Å²) in [4.78, 5) is 51.8. The van der Waals surface area contributed by atoms with E-state index in [2.05, 4.69) is 57.0 Å². The summed E-state index contributed by atoms with van der Waals surface area (Å²) in [6.45, 7) is 4.72. The standard InChI is InChI=1S/C39H44N8O4S2/c1-27(2)36-43-31(25-52-36)22-46(3)37(49)44-34(23-47-18-10-17-41-47)35(48)42-30(19-28-11-6-4-7-12-28)15-16-39(20-33(39)29-13-8-5-9-14-29)45-38(50)51-24-32-21-40-26-53-32/h4-15,17-18,21,25-27,33-34H,16,19-20,22-24H2,1-3H3,(H,42,48)(H,44,49)(H,45,50)/b30-15+/t33-,34-,39?/m0/s1. The lowest BCUT2D eigenvalue weighted by atomic mass is 10.0. The topological polar surface area (TPSA) is 143 Å². The largest absolute Gasteiger partial charge is 0.444 e. The second kappa shape index (κ2) is 17.5. The highest BCUT2D eigenvalue weighted by Gasteiger charge is 2.55. The van der Waals surface area contributed by atoms with Crippen LogP contribution in [0.1, 0.15) is 65.2 Å². The molecule has 276 valence electrons. The van der Waals surface area contributed by atoms with Gasteiger partial charge in [0.15, 0.2) is 0 Å². The van der Waals surface area contributed by atoms with Crippen molar-refractivity contribution in [1.29, 1.82) is 0 Å². The number of urea groups is 1. The zero-order chi connectivity index (χ0) is 37.2. The van der Waals surface area contributed by atoms with Gasteiger partial charge in [-0.3, -0.25) is 14.5 Å². The molecule has 2 aromatic carbocycles. The fourth-order valence-corrected chi connectivity index (χ4v) is 7.42. The summed E-state index contributed by atoms with van der Waals surface area (Å²) in [7, 11) is 1.68. The number of hydrogen-bond donors (Lipinski definition) is 3. The molecule has 1 unspecified atom stereocenters. The van der Waals surface area contributed by atoms with Crippen LogP contribution in [0.4, 0.5) is 9.59 Å². The minimum Gasteiger partial charge on any atom is -0.444 e. The summed E-state index contributed by atoms with van der Waals surface area (Å²) in [5.41, 5.74) is 4.64. The van der Waals surface area contributed by atoms with Crippen molar-refractivity contribution < 1.29 is 19.1 Å². The van der Waals surface area contributed by atoms with E-state index in [0.717, 1.165) is 26.7 Å². The quantitative estimate of drug-likeness (QED) is 0.103. The molecule has 0 bridgehead atoms. The SMILES string of the molecule is CC(C)c1nc(CN(C)C(=O)N[C@@H](Cn2cccn2)C(=O)N/C(=C/CC2(NC(=O)OCc3cncs3)C[C@H]2c2ccccc2)Cc2ccccc2)cs1. The van der Waals surface area contributed by atoms with Crippen molar-refractivity contribution in [2.75, 3.05) is 7.05 Å². The molecule has 0 radical (unpaired) electrons. The van der Waals surface area contributed by atoms with E-state index in [1.807, 2.05) is 60.0 Å². The first kappa shape index (κ1) is 37.4. The van der Waals surface area contributed by atoms with Gasteiger partial charge in [0, 0.05) is 55.0 Å². The average Bonchev–Trinajstić information content (AvgIpc) is 3.68. The third kappa shape index (κ3) is 10.4. The minimum atomic E-state index is -0.947. The zero-order valence-corrected chi connectivity index (χ0v) is 31.6. The number of allylic oxidation sites excluding steroid dienone is 1. The number of rotatable bonds is 16. The number of nitrogens with one attached hydrogen (secondary N) is 3. The van der Waals surface area contributed by atoms with E-state index in [9.17, 15) is 14.4 Å². The maximum Gasteiger partial charge on any atom is 0.407 e. The molecule has 4 amide bonds. The van der Waals surface area contributed by atoms with Crippen molar-refractivity contribution in [3.63, 3.8) is 0 Å². The monoisotopic (exact) mass is 752 g/mol. The molecule has 1 aliphatic carbocycles. The van der Waals surface area contributed by atoms with E-state index in [0.29, 0.717) is 37.4 Å². The van der Waals surface area contributed by atoms with Gasteiger partial charge in [0.25, 0.3) is 0 Å². The van der Waals surface area contributed by atoms with E-state index in [1.165, 1.54) is 16.2 Å². The summed E-state index contributed by atoms with van der Waals surface area (Å²) in [6.07, 6.45) is 8.10. The number of hydrogen-bond acceptors (Lipinski definition) is 9. The zero-order valence-electron chi connectivity index (χ0n) is 30.0. The summed E-state index contributed by atoms with van der Waals surface area (Å²) in [5, 5.41) is 16.5. The Balaban J connectivity index is 1.20. The van der Waals surface area contributed by atoms with Gasteiger partial charge in [0.05, 0.1) is 39.7 Å². The van der Waals surface area contributed by atoms with Gasteiger partial charge in [0.2, 0.25) is 5.91 Å². The Hall–Kier alpha value is -5.34. The highest BCUT2D eigenvalue weighted by Crippen LogP contribution is 2.54. The van der Waals surface area contributed by atoms with Gasteiger partial charge in [-0.15, -0.1) is 22.7 Å². The van der Waals surface area contributed by atoms with E-state index in [1.54, 1.807) is 53.2 Å². The number of thiazole rings is 2. The van der Waals surface area contributed by atoms with Gasteiger partial charge in [0.1, 0.15) is 12.6 Å². The first-order chi connectivity index (χ1) is 25.7. The fourth-order valence-electron chi connectivity index (χ4n) is 6.09. The number of benzene rings is 2. The molecule has 3 heterocycles. The molecule has 12 nitrogen and oxygen atoms in total. The molecule has 0 aliphatic heterocycles. The van der Waals surface area contributed by atoms with Gasteiger partial charge in [-0.1, -0.05) is 80.6 Å². The van der Waals surface area contributed by atoms with Crippen LogP contribution in [-0.2, 0) is 35.6 Å². The van der Waals surface area contributed by atoms with Crippen molar-refractivity contribution in [2.45, 2.75) is 76.2 Å². The molecule has 5 aromatic rings. The van der Waals surface area contributed by atoms with Crippen LogP contribution < -0.4 is 16.0 Å². The fraction of sp³-hybridized carbons (Fsp3) is 0.333. The Kier molecular flexibility index (Phi) is 12.3. The molecule has 0 saturated heterocycles. The van der Waals surface area contributed by atoms with Crippen LogP contribution in [0, 0.1) is 0 Å². The molecule has 14 heteroatoms. The lowest BCUT2D eigenvalue weighted by Crippen LogP contribution is -2.52. The summed E-state index contributed by atoms with van der Waals surface area (Å²) >= 11 is 3.00. The summed E-state index contributed by atoms with van der Waals surface area (Å²) < 4.78 is 7.19. The van der Waals surface area contributed by atoms with Crippen LogP contribution in [-0.4, -0.2) is 61.3 Å². The Morgan fingerprint density at radius 3 is 2.53 bits per heavy atom. The van der Waals surface area contributed by atoms with Crippen LogP contribution in [0.25, 0.3) is 0 Å². The molecule has 3 aromatic heterocycles. The summed E-state index contributed by atoms with van der Waals surface area (Å²) in [5.74, 6) is -0.0335. The second-order valence-corrected chi connectivity index (χ2v) is 15.4. The number of carbonyl (C=O) groups is 3. The van der Waals surface area contributed by atoms with Crippen molar-refractivity contribution in [3.05, 3.63) is 135 Å². The minimum absolute atomic E-state index is 0.0568. The van der Waals surface area contributed by atoms with Gasteiger partial charge < -0.3 is 25.6 Å². The van der Waals surface area contributed by atoms with Crippen LogP contribution in [0.2, 0.25) is 0 Å². The molecule has 1 aliphatic rings. The van der Waals surface area contributed by atoms with Crippen LogP contribution in [0.15, 0.2) is 108 Å². The normalized spacial score (nSPS) is 17.2. The highest BCUT2D eigenvalue weighted by atomic mass is 32.1. The molecule has 3 N–H and O–H groups in total. The average molecular weight is 753 g/mol. The maximum absolute atomic E-state index is 14.1. The molecule has 0 spiro atoms. The van der Waals surface area contributed by atoms with Gasteiger partial charge in [-0.2, -0.15) is 5.10 Å². The number of amides is 4. The summed E-state index contributed by atoms with van der Waals surface area (Å²) in [6, 6.07) is 20.3. The van der Waals surface area contributed by atoms with Crippen molar-refractivity contribution in [3.8, 4) is 0 Å². The van der Waals surface area contributed by atoms with Crippen molar-refractivity contribution in [1.82, 2.24) is 40.6 Å². The molecule has 3 atom stereocenters. The van der Waals surface area contributed by atoms with Crippen molar-refractivity contribution >= 4 is 40.7 Å². The lowest BCUT2D eigenvalue weighted by molar-refractivity contribution is -0.122. The molecule has 1 saturated carbocycles. The molecular formula is C39H44N8O4S2. The number of aromatic nitrogens is 4. The van der Waals surface area contributed by atoms with Gasteiger partial charge in [-0.25, -0.2) is 14.6 Å². The Morgan fingerprint density at radius 1 is 1.08 bits per heavy atom. The number of alkyl carbamates (subject to hydrolysis) is 1. The Bertz CT molecular complexity index is 1970. The Morgan fingerprint density at radius 2 is 1.85 bits per heavy atom. The van der Waals surface area contributed by atoms with E-state index < -0.39 is 23.7 Å². The number of carbonyl (C=O) groups excluding carboxylic acids is 3. The molecular weight excluding hydrogens is 709 g/mol. The Labute approximate surface area is 317 Å². The van der Waals surface area contributed by atoms with Crippen molar-refractivity contribution in [2.24, 2.45) is 0 Å². The first-order valence-electron chi connectivity index (χ1n) is 17.5.